The molecule has 0 spiro atoms. The SMILES string of the molecule is CCCNC(=O)COc1ccc(Br)c(CO)c1. The summed E-state index contributed by atoms with van der Waals surface area (Å²) in [5, 5.41) is 11.8. The summed E-state index contributed by atoms with van der Waals surface area (Å²) in [5.41, 5.74) is 0.733. The predicted molar refractivity (Wildman–Crippen MR) is 68.9 cm³/mol. The Balaban J connectivity index is 2.49. The second-order valence-electron chi connectivity index (χ2n) is 3.55. The lowest BCUT2D eigenvalue weighted by molar-refractivity contribution is -0.123. The van der Waals surface area contributed by atoms with Crippen LogP contribution in [0, 0.1) is 0 Å². The summed E-state index contributed by atoms with van der Waals surface area (Å²) >= 11 is 3.31. The number of halogens is 1. The van der Waals surface area contributed by atoms with Crippen molar-refractivity contribution in [3.8, 4) is 5.75 Å². The van der Waals surface area contributed by atoms with Gasteiger partial charge in [0.25, 0.3) is 5.91 Å². The molecule has 94 valence electrons. The van der Waals surface area contributed by atoms with Gasteiger partial charge < -0.3 is 15.2 Å². The van der Waals surface area contributed by atoms with Gasteiger partial charge in [-0.3, -0.25) is 4.79 Å². The minimum Gasteiger partial charge on any atom is -0.484 e. The van der Waals surface area contributed by atoms with Crippen molar-refractivity contribution >= 4 is 21.8 Å². The molecule has 0 fully saturated rings. The Labute approximate surface area is 109 Å². The molecule has 0 radical (unpaired) electrons. The first-order valence-corrected chi connectivity index (χ1v) is 6.25. The van der Waals surface area contributed by atoms with Crippen molar-refractivity contribution in [1.29, 1.82) is 0 Å². The zero-order chi connectivity index (χ0) is 12.7. The highest BCUT2D eigenvalue weighted by Gasteiger charge is 2.04. The van der Waals surface area contributed by atoms with E-state index in [0.29, 0.717) is 12.3 Å². The van der Waals surface area contributed by atoms with Crippen LogP contribution in [0.2, 0.25) is 0 Å². The van der Waals surface area contributed by atoms with E-state index in [4.69, 9.17) is 9.84 Å². The van der Waals surface area contributed by atoms with Crippen LogP contribution in [0.5, 0.6) is 5.75 Å². The third kappa shape index (κ3) is 4.75. The van der Waals surface area contributed by atoms with Gasteiger partial charge in [-0.05, 0) is 30.2 Å². The van der Waals surface area contributed by atoms with Crippen LogP contribution in [0.1, 0.15) is 18.9 Å². The Kier molecular flexibility index (Phi) is 6.00. The van der Waals surface area contributed by atoms with Crippen LogP contribution in [0.25, 0.3) is 0 Å². The molecule has 5 heteroatoms. The van der Waals surface area contributed by atoms with Crippen LogP contribution >= 0.6 is 15.9 Å². The minimum absolute atomic E-state index is 0.00744. The third-order valence-corrected chi connectivity index (χ3v) is 2.90. The molecule has 1 aromatic rings. The molecular weight excluding hydrogens is 286 g/mol. The van der Waals surface area contributed by atoms with Gasteiger partial charge in [-0.2, -0.15) is 0 Å². The topological polar surface area (TPSA) is 58.6 Å². The Bertz CT molecular complexity index is 382. The van der Waals surface area contributed by atoms with Crippen molar-refractivity contribution in [2.75, 3.05) is 13.2 Å². The zero-order valence-electron chi connectivity index (χ0n) is 9.70. The lowest BCUT2D eigenvalue weighted by atomic mass is 10.2. The van der Waals surface area contributed by atoms with Crippen LogP contribution in [-0.4, -0.2) is 24.2 Å². The van der Waals surface area contributed by atoms with Gasteiger partial charge in [0.2, 0.25) is 0 Å². The number of aliphatic hydroxyl groups excluding tert-OH is 1. The number of hydrogen-bond acceptors (Lipinski definition) is 3. The maximum Gasteiger partial charge on any atom is 0.257 e. The summed E-state index contributed by atoms with van der Waals surface area (Å²) in [6, 6.07) is 5.23. The number of nitrogens with one attached hydrogen (secondary N) is 1. The fourth-order valence-electron chi connectivity index (χ4n) is 1.23. The molecule has 0 saturated heterocycles. The molecule has 0 saturated carbocycles. The van der Waals surface area contributed by atoms with E-state index in [9.17, 15) is 4.79 Å². The van der Waals surface area contributed by atoms with Crippen LogP contribution in [0.4, 0.5) is 0 Å². The molecule has 4 nitrogen and oxygen atoms in total. The average Bonchev–Trinajstić information content (AvgIpc) is 2.35. The molecule has 0 aliphatic heterocycles. The number of carbonyl (C=O) groups is 1. The number of carbonyl (C=O) groups excluding carboxylic acids is 1. The largest absolute Gasteiger partial charge is 0.484 e. The van der Waals surface area contributed by atoms with E-state index in [1.54, 1.807) is 18.2 Å². The number of ether oxygens (including phenoxy) is 1. The maximum absolute atomic E-state index is 11.3. The van der Waals surface area contributed by atoms with Gasteiger partial charge in [0.1, 0.15) is 5.75 Å². The van der Waals surface area contributed by atoms with Gasteiger partial charge in [-0.1, -0.05) is 22.9 Å². The van der Waals surface area contributed by atoms with Crippen LogP contribution in [0.3, 0.4) is 0 Å². The molecule has 0 atom stereocenters. The molecule has 0 aromatic heterocycles. The van der Waals surface area contributed by atoms with Gasteiger partial charge in [0.05, 0.1) is 6.61 Å². The lowest BCUT2D eigenvalue weighted by Gasteiger charge is -2.08. The first-order chi connectivity index (χ1) is 8.17. The number of hydrogen-bond donors (Lipinski definition) is 2. The molecule has 1 rings (SSSR count). The molecule has 0 bridgehead atoms. The maximum atomic E-state index is 11.3. The summed E-state index contributed by atoms with van der Waals surface area (Å²) in [4.78, 5) is 11.3. The van der Waals surface area contributed by atoms with Crippen molar-refractivity contribution in [2.45, 2.75) is 20.0 Å². The molecule has 0 heterocycles. The molecule has 17 heavy (non-hydrogen) atoms. The minimum atomic E-state index is -0.139. The van der Waals surface area contributed by atoms with Crippen LogP contribution in [-0.2, 0) is 11.4 Å². The summed E-state index contributed by atoms with van der Waals surface area (Å²) in [6.07, 6.45) is 0.901. The third-order valence-electron chi connectivity index (χ3n) is 2.13. The summed E-state index contributed by atoms with van der Waals surface area (Å²) in [5.74, 6) is 0.434. The first-order valence-electron chi connectivity index (χ1n) is 5.46. The van der Waals surface area contributed by atoms with Gasteiger partial charge in [-0.15, -0.1) is 0 Å². The molecule has 1 amide bonds. The van der Waals surface area contributed by atoms with Crippen molar-refractivity contribution in [3.63, 3.8) is 0 Å². The zero-order valence-corrected chi connectivity index (χ0v) is 11.3. The van der Waals surface area contributed by atoms with Crippen molar-refractivity contribution in [2.24, 2.45) is 0 Å². The van der Waals surface area contributed by atoms with Crippen molar-refractivity contribution in [3.05, 3.63) is 28.2 Å². The highest BCUT2D eigenvalue weighted by Crippen LogP contribution is 2.22. The highest BCUT2D eigenvalue weighted by atomic mass is 79.9. The van der Waals surface area contributed by atoms with Crippen molar-refractivity contribution in [1.82, 2.24) is 5.32 Å². The predicted octanol–water partition coefficient (Wildman–Crippen LogP) is 1.85. The second-order valence-corrected chi connectivity index (χ2v) is 4.40. The molecule has 0 unspecified atom stereocenters. The van der Waals surface area contributed by atoms with E-state index in [-0.39, 0.29) is 19.1 Å². The smallest absolute Gasteiger partial charge is 0.257 e. The normalized spacial score (nSPS) is 10.1. The number of benzene rings is 1. The molecule has 1 aromatic carbocycles. The Morgan fingerprint density at radius 3 is 2.94 bits per heavy atom. The number of amides is 1. The number of aliphatic hydroxyl groups is 1. The van der Waals surface area contributed by atoms with Gasteiger partial charge >= 0.3 is 0 Å². The van der Waals surface area contributed by atoms with Gasteiger partial charge in [0.15, 0.2) is 6.61 Å². The highest BCUT2D eigenvalue weighted by molar-refractivity contribution is 9.10. The average molecular weight is 302 g/mol. The molecular formula is C12H16BrNO3. The first kappa shape index (κ1) is 14.0. The van der Waals surface area contributed by atoms with E-state index >= 15 is 0 Å². The monoisotopic (exact) mass is 301 g/mol. The fourth-order valence-corrected chi connectivity index (χ4v) is 1.60. The van der Waals surface area contributed by atoms with Crippen molar-refractivity contribution < 1.29 is 14.6 Å². The van der Waals surface area contributed by atoms with E-state index < -0.39 is 0 Å². The van der Waals surface area contributed by atoms with Crippen LogP contribution < -0.4 is 10.1 Å². The summed E-state index contributed by atoms with van der Waals surface area (Å²) in [6.45, 7) is 2.57. The Morgan fingerprint density at radius 2 is 2.29 bits per heavy atom. The van der Waals surface area contributed by atoms with E-state index in [1.807, 2.05) is 6.92 Å². The Hall–Kier alpha value is -1.07. The standard InChI is InChI=1S/C12H16BrNO3/c1-2-5-14-12(16)8-17-10-3-4-11(13)9(6-10)7-15/h3-4,6,15H,2,5,7-8H2,1H3,(H,14,16). The number of rotatable bonds is 6. The fraction of sp³-hybridized carbons (Fsp3) is 0.417. The van der Waals surface area contributed by atoms with Gasteiger partial charge in [0, 0.05) is 11.0 Å². The summed E-state index contributed by atoms with van der Waals surface area (Å²) in [7, 11) is 0. The van der Waals surface area contributed by atoms with Crippen LogP contribution in [0.15, 0.2) is 22.7 Å². The van der Waals surface area contributed by atoms with E-state index in [0.717, 1.165) is 16.5 Å². The second kappa shape index (κ2) is 7.29. The van der Waals surface area contributed by atoms with Gasteiger partial charge in [-0.25, -0.2) is 0 Å². The Morgan fingerprint density at radius 1 is 1.53 bits per heavy atom. The molecule has 0 aliphatic rings. The quantitative estimate of drug-likeness (QED) is 0.843. The lowest BCUT2D eigenvalue weighted by Crippen LogP contribution is -2.29. The van der Waals surface area contributed by atoms with E-state index in [2.05, 4.69) is 21.2 Å². The van der Waals surface area contributed by atoms with E-state index in [1.165, 1.54) is 0 Å². The molecule has 0 aliphatic carbocycles. The summed E-state index contributed by atoms with van der Waals surface area (Å²) < 4.78 is 6.14. The molecule has 2 N–H and O–H groups in total.